The van der Waals surface area contributed by atoms with Crippen molar-refractivity contribution in [1.82, 2.24) is 0 Å². The molecule has 2 nitrogen and oxygen atoms in total. The van der Waals surface area contributed by atoms with Crippen LogP contribution in [0.4, 0.5) is 10.1 Å². The van der Waals surface area contributed by atoms with Crippen molar-refractivity contribution >= 4 is 17.4 Å². The molecule has 1 aromatic rings. The van der Waals surface area contributed by atoms with Crippen LogP contribution in [0.2, 0.25) is 0 Å². The SMILES string of the molecule is CSCCC(C)N(C)c1cccc(F)c1CC(C)N. The van der Waals surface area contributed by atoms with Crippen LogP contribution in [0.25, 0.3) is 0 Å². The summed E-state index contributed by atoms with van der Waals surface area (Å²) in [6.07, 6.45) is 3.77. The predicted molar refractivity (Wildman–Crippen MR) is 84.6 cm³/mol. The second-order valence-corrected chi connectivity index (χ2v) is 6.15. The molecule has 0 heterocycles. The van der Waals surface area contributed by atoms with E-state index in [4.69, 9.17) is 5.73 Å². The van der Waals surface area contributed by atoms with Crippen LogP contribution in [0.3, 0.4) is 0 Å². The highest BCUT2D eigenvalue weighted by molar-refractivity contribution is 7.98. The Morgan fingerprint density at radius 1 is 1.37 bits per heavy atom. The molecule has 0 bridgehead atoms. The maximum Gasteiger partial charge on any atom is 0.128 e. The average Bonchev–Trinajstić information content (AvgIpc) is 2.37. The van der Waals surface area contributed by atoms with E-state index in [1.54, 1.807) is 6.07 Å². The fraction of sp³-hybridized carbons (Fsp3) is 0.600. The van der Waals surface area contributed by atoms with Gasteiger partial charge < -0.3 is 10.6 Å². The van der Waals surface area contributed by atoms with E-state index in [1.807, 2.05) is 31.8 Å². The predicted octanol–water partition coefficient (Wildman–Crippen LogP) is 3.29. The Kier molecular flexibility index (Phi) is 6.66. The number of nitrogens with zero attached hydrogens (tertiary/aromatic N) is 1. The zero-order valence-electron chi connectivity index (χ0n) is 12.3. The van der Waals surface area contributed by atoms with Crippen molar-refractivity contribution in [2.45, 2.75) is 38.8 Å². The zero-order valence-corrected chi connectivity index (χ0v) is 13.1. The lowest BCUT2D eigenvalue weighted by Gasteiger charge is -2.29. The third-order valence-electron chi connectivity index (χ3n) is 3.40. The van der Waals surface area contributed by atoms with Crippen molar-refractivity contribution in [3.63, 3.8) is 0 Å². The van der Waals surface area contributed by atoms with Crippen LogP contribution < -0.4 is 10.6 Å². The van der Waals surface area contributed by atoms with E-state index < -0.39 is 0 Å². The number of thioether (sulfide) groups is 1. The third kappa shape index (κ3) is 4.69. The molecule has 108 valence electrons. The van der Waals surface area contributed by atoms with Crippen molar-refractivity contribution in [3.05, 3.63) is 29.6 Å². The molecule has 0 aliphatic rings. The van der Waals surface area contributed by atoms with Gasteiger partial charge in [-0.25, -0.2) is 4.39 Å². The van der Waals surface area contributed by atoms with Gasteiger partial charge in [-0.15, -0.1) is 0 Å². The minimum atomic E-state index is -0.154. The molecule has 19 heavy (non-hydrogen) atoms. The number of hydrogen-bond acceptors (Lipinski definition) is 3. The molecular weight excluding hydrogens is 259 g/mol. The van der Waals surface area contributed by atoms with Gasteiger partial charge in [0.15, 0.2) is 0 Å². The highest BCUT2D eigenvalue weighted by atomic mass is 32.2. The molecule has 1 rings (SSSR count). The van der Waals surface area contributed by atoms with Crippen LogP contribution in [-0.2, 0) is 6.42 Å². The molecule has 0 saturated heterocycles. The minimum Gasteiger partial charge on any atom is -0.372 e. The average molecular weight is 284 g/mol. The lowest BCUT2D eigenvalue weighted by atomic mass is 10.0. The molecule has 0 aliphatic carbocycles. The van der Waals surface area contributed by atoms with Gasteiger partial charge in [-0.05, 0) is 50.8 Å². The summed E-state index contributed by atoms with van der Waals surface area (Å²) in [7, 11) is 2.03. The molecule has 2 N–H and O–H groups in total. The Bertz CT molecular complexity index is 396. The highest BCUT2D eigenvalue weighted by Crippen LogP contribution is 2.26. The molecule has 0 amide bonds. The number of nitrogens with two attached hydrogens (primary N) is 1. The van der Waals surface area contributed by atoms with Crippen molar-refractivity contribution in [1.29, 1.82) is 0 Å². The summed E-state index contributed by atoms with van der Waals surface area (Å²) in [6.45, 7) is 4.09. The van der Waals surface area contributed by atoms with Gasteiger partial charge in [0.1, 0.15) is 5.82 Å². The fourth-order valence-electron chi connectivity index (χ4n) is 2.12. The van der Waals surface area contributed by atoms with Gasteiger partial charge >= 0.3 is 0 Å². The Labute approximate surface area is 120 Å². The van der Waals surface area contributed by atoms with Crippen LogP contribution in [-0.4, -0.2) is 31.1 Å². The van der Waals surface area contributed by atoms with Gasteiger partial charge in [-0.1, -0.05) is 6.07 Å². The largest absolute Gasteiger partial charge is 0.372 e. The van der Waals surface area contributed by atoms with Crippen LogP contribution in [0, 0.1) is 5.82 Å². The Morgan fingerprint density at radius 3 is 2.63 bits per heavy atom. The number of hydrogen-bond donors (Lipinski definition) is 1. The summed E-state index contributed by atoms with van der Waals surface area (Å²) in [6, 6.07) is 5.62. The van der Waals surface area contributed by atoms with E-state index in [2.05, 4.69) is 18.1 Å². The monoisotopic (exact) mass is 284 g/mol. The molecule has 4 heteroatoms. The topological polar surface area (TPSA) is 29.3 Å². The number of halogens is 1. The number of rotatable bonds is 7. The van der Waals surface area contributed by atoms with E-state index >= 15 is 0 Å². The van der Waals surface area contributed by atoms with Gasteiger partial charge in [0, 0.05) is 30.4 Å². The van der Waals surface area contributed by atoms with Gasteiger partial charge in [0.05, 0.1) is 0 Å². The lowest BCUT2D eigenvalue weighted by Crippen LogP contribution is -2.31. The van der Waals surface area contributed by atoms with Gasteiger partial charge in [-0.3, -0.25) is 0 Å². The van der Waals surface area contributed by atoms with E-state index in [0.29, 0.717) is 12.5 Å². The molecule has 2 atom stereocenters. The second kappa shape index (κ2) is 7.75. The fourth-order valence-corrected chi connectivity index (χ4v) is 2.70. The molecule has 0 fully saturated rings. The van der Waals surface area contributed by atoms with Gasteiger partial charge in [0.25, 0.3) is 0 Å². The summed E-state index contributed by atoms with van der Waals surface area (Å²) >= 11 is 1.84. The molecule has 1 aromatic carbocycles. The quantitative estimate of drug-likeness (QED) is 0.833. The van der Waals surface area contributed by atoms with Crippen molar-refractivity contribution < 1.29 is 4.39 Å². The van der Waals surface area contributed by atoms with Crippen LogP contribution >= 0.6 is 11.8 Å². The minimum absolute atomic E-state index is 0.0365. The molecule has 0 aliphatic heterocycles. The Hall–Kier alpha value is -0.740. The van der Waals surface area contributed by atoms with Crippen LogP contribution in [0.15, 0.2) is 18.2 Å². The zero-order chi connectivity index (χ0) is 14.4. The highest BCUT2D eigenvalue weighted by Gasteiger charge is 2.17. The van der Waals surface area contributed by atoms with Crippen molar-refractivity contribution in [2.75, 3.05) is 24.0 Å². The maximum atomic E-state index is 14.0. The van der Waals surface area contributed by atoms with Crippen LogP contribution in [0.5, 0.6) is 0 Å². The maximum absolute atomic E-state index is 14.0. The normalized spacial score (nSPS) is 14.2. The lowest BCUT2D eigenvalue weighted by molar-refractivity contribution is 0.590. The Morgan fingerprint density at radius 2 is 2.05 bits per heavy atom. The first-order valence-electron chi connectivity index (χ1n) is 6.72. The number of anilines is 1. The van der Waals surface area contributed by atoms with Crippen molar-refractivity contribution in [2.24, 2.45) is 5.73 Å². The molecule has 0 saturated carbocycles. The molecule has 0 aromatic heterocycles. The molecule has 2 unspecified atom stereocenters. The third-order valence-corrected chi connectivity index (χ3v) is 4.05. The van der Waals surface area contributed by atoms with E-state index in [1.165, 1.54) is 6.07 Å². The van der Waals surface area contributed by atoms with E-state index in [0.717, 1.165) is 23.4 Å². The van der Waals surface area contributed by atoms with Gasteiger partial charge in [-0.2, -0.15) is 11.8 Å². The smallest absolute Gasteiger partial charge is 0.128 e. The second-order valence-electron chi connectivity index (χ2n) is 5.16. The van der Waals surface area contributed by atoms with Crippen LogP contribution in [0.1, 0.15) is 25.8 Å². The first-order chi connectivity index (χ1) is 8.97. The summed E-state index contributed by atoms with van der Waals surface area (Å²) in [4.78, 5) is 2.16. The van der Waals surface area contributed by atoms with E-state index in [-0.39, 0.29) is 11.9 Å². The Balaban J connectivity index is 2.94. The molecule has 0 radical (unpaired) electrons. The first-order valence-corrected chi connectivity index (χ1v) is 8.11. The van der Waals surface area contributed by atoms with Gasteiger partial charge in [0.2, 0.25) is 0 Å². The van der Waals surface area contributed by atoms with Crippen molar-refractivity contribution in [3.8, 4) is 0 Å². The molecule has 0 spiro atoms. The summed E-state index contributed by atoms with van der Waals surface area (Å²) in [5, 5.41) is 0. The molecular formula is C15H25FN2S. The first kappa shape index (κ1) is 16.3. The number of benzene rings is 1. The summed E-state index contributed by atoms with van der Waals surface area (Å²) in [5.41, 5.74) is 7.53. The van der Waals surface area contributed by atoms with E-state index in [9.17, 15) is 4.39 Å². The summed E-state index contributed by atoms with van der Waals surface area (Å²) in [5.74, 6) is 0.961. The summed E-state index contributed by atoms with van der Waals surface area (Å²) < 4.78 is 14.0. The standard InChI is InChI=1S/C15H25FN2S/c1-11(17)10-13-14(16)6-5-7-15(13)18(3)12(2)8-9-19-4/h5-7,11-12H,8-10,17H2,1-4H3.